The summed E-state index contributed by atoms with van der Waals surface area (Å²) in [6.07, 6.45) is 4.75. The molecule has 14 heavy (non-hydrogen) atoms. The molecule has 0 aromatic heterocycles. The summed E-state index contributed by atoms with van der Waals surface area (Å²) < 4.78 is 5.06. The van der Waals surface area contributed by atoms with Crippen molar-refractivity contribution in [1.82, 2.24) is 0 Å². The number of esters is 1. The minimum Gasteiger partial charge on any atom is -0.448 e. The lowest BCUT2D eigenvalue weighted by Crippen LogP contribution is -2.35. The summed E-state index contributed by atoms with van der Waals surface area (Å²) in [5.41, 5.74) is -0.943. The van der Waals surface area contributed by atoms with Crippen LogP contribution in [-0.4, -0.2) is 17.9 Å². The quantitative estimate of drug-likeness (QED) is 0.358. The second-order valence-corrected chi connectivity index (χ2v) is 3.26. The lowest BCUT2D eigenvalue weighted by atomic mass is 9.95. The van der Waals surface area contributed by atoms with Crippen LogP contribution in [0.25, 0.3) is 0 Å². The van der Waals surface area contributed by atoms with E-state index >= 15 is 0 Å². The van der Waals surface area contributed by atoms with Gasteiger partial charge in [0.2, 0.25) is 0 Å². The first kappa shape index (κ1) is 12.9. The SMILES string of the molecule is C=CC(=O)OC(C=O)(CC)CCCC. The fourth-order valence-corrected chi connectivity index (χ4v) is 1.18. The Morgan fingerprint density at radius 1 is 1.50 bits per heavy atom. The van der Waals surface area contributed by atoms with Crippen LogP contribution in [0, 0.1) is 0 Å². The fourth-order valence-electron chi connectivity index (χ4n) is 1.18. The van der Waals surface area contributed by atoms with Gasteiger partial charge in [-0.2, -0.15) is 0 Å². The molecule has 0 saturated carbocycles. The van der Waals surface area contributed by atoms with Crippen molar-refractivity contribution in [2.45, 2.75) is 45.1 Å². The second-order valence-electron chi connectivity index (χ2n) is 3.26. The molecule has 0 fully saturated rings. The Bertz CT molecular complexity index is 211. The molecule has 0 aromatic carbocycles. The molecule has 0 saturated heterocycles. The number of ether oxygens (including phenoxy) is 1. The molecular weight excluding hydrogens is 180 g/mol. The van der Waals surface area contributed by atoms with Gasteiger partial charge in [-0.1, -0.05) is 26.8 Å². The lowest BCUT2D eigenvalue weighted by Gasteiger charge is -2.25. The van der Waals surface area contributed by atoms with Crippen LogP contribution < -0.4 is 0 Å². The molecule has 3 nitrogen and oxygen atoms in total. The number of hydrogen-bond donors (Lipinski definition) is 0. The highest BCUT2D eigenvalue weighted by Crippen LogP contribution is 2.21. The Kier molecular flexibility index (Phi) is 5.84. The molecule has 1 unspecified atom stereocenters. The Morgan fingerprint density at radius 3 is 2.50 bits per heavy atom. The molecule has 0 spiro atoms. The first-order chi connectivity index (χ1) is 6.64. The van der Waals surface area contributed by atoms with E-state index in [4.69, 9.17) is 4.74 Å². The minimum atomic E-state index is -0.943. The molecule has 0 heterocycles. The van der Waals surface area contributed by atoms with Crippen molar-refractivity contribution in [1.29, 1.82) is 0 Å². The van der Waals surface area contributed by atoms with Crippen LogP contribution in [-0.2, 0) is 14.3 Å². The van der Waals surface area contributed by atoms with Gasteiger partial charge < -0.3 is 4.74 Å². The molecule has 0 aliphatic heterocycles. The maximum absolute atomic E-state index is 11.0. The summed E-state index contributed by atoms with van der Waals surface area (Å²) in [7, 11) is 0. The Labute approximate surface area is 85.1 Å². The van der Waals surface area contributed by atoms with Gasteiger partial charge in [0.05, 0.1) is 0 Å². The first-order valence-corrected chi connectivity index (χ1v) is 4.95. The van der Waals surface area contributed by atoms with Crippen molar-refractivity contribution in [2.24, 2.45) is 0 Å². The largest absolute Gasteiger partial charge is 0.448 e. The van der Waals surface area contributed by atoms with Crippen molar-refractivity contribution >= 4 is 12.3 Å². The van der Waals surface area contributed by atoms with E-state index in [2.05, 4.69) is 6.58 Å². The van der Waals surface area contributed by atoms with Gasteiger partial charge in [0.25, 0.3) is 0 Å². The monoisotopic (exact) mass is 198 g/mol. The standard InChI is InChI=1S/C11H18O3/c1-4-7-8-11(6-3,9-12)14-10(13)5-2/h5,9H,2,4,6-8H2,1,3H3. The zero-order valence-corrected chi connectivity index (χ0v) is 8.91. The maximum Gasteiger partial charge on any atom is 0.331 e. The zero-order chi connectivity index (χ0) is 11.0. The Morgan fingerprint density at radius 2 is 2.14 bits per heavy atom. The number of aldehydes is 1. The van der Waals surface area contributed by atoms with E-state index in [0.717, 1.165) is 25.2 Å². The van der Waals surface area contributed by atoms with E-state index in [-0.39, 0.29) is 0 Å². The van der Waals surface area contributed by atoms with Gasteiger partial charge in [0.15, 0.2) is 11.9 Å². The maximum atomic E-state index is 11.0. The summed E-state index contributed by atoms with van der Waals surface area (Å²) in [6.45, 7) is 7.17. The molecule has 0 N–H and O–H groups in total. The van der Waals surface area contributed by atoms with Crippen LogP contribution in [0.5, 0.6) is 0 Å². The van der Waals surface area contributed by atoms with Gasteiger partial charge in [-0.05, 0) is 19.3 Å². The summed E-state index contributed by atoms with van der Waals surface area (Å²) in [5, 5.41) is 0. The van der Waals surface area contributed by atoms with Crippen LogP contribution in [0.4, 0.5) is 0 Å². The summed E-state index contributed by atoms with van der Waals surface area (Å²) in [6, 6.07) is 0. The fraction of sp³-hybridized carbons (Fsp3) is 0.636. The highest BCUT2D eigenvalue weighted by atomic mass is 16.6. The van der Waals surface area contributed by atoms with Crippen molar-refractivity contribution in [2.75, 3.05) is 0 Å². The van der Waals surface area contributed by atoms with Gasteiger partial charge in [-0.25, -0.2) is 4.79 Å². The summed E-state index contributed by atoms with van der Waals surface area (Å²) in [5.74, 6) is -0.532. The van der Waals surface area contributed by atoms with Crippen molar-refractivity contribution in [3.05, 3.63) is 12.7 Å². The van der Waals surface area contributed by atoms with Crippen LogP contribution >= 0.6 is 0 Å². The normalized spacial score (nSPS) is 14.1. The minimum absolute atomic E-state index is 0.510. The van der Waals surface area contributed by atoms with Crippen LogP contribution in [0.2, 0.25) is 0 Å². The third-order valence-electron chi connectivity index (χ3n) is 2.24. The smallest absolute Gasteiger partial charge is 0.331 e. The highest BCUT2D eigenvalue weighted by Gasteiger charge is 2.30. The van der Waals surface area contributed by atoms with Gasteiger partial charge in [-0.3, -0.25) is 4.79 Å². The van der Waals surface area contributed by atoms with Crippen molar-refractivity contribution < 1.29 is 14.3 Å². The number of rotatable bonds is 7. The Balaban J connectivity index is 4.43. The van der Waals surface area contributed by atoms with E-state index in [0.29, 0.717) is 12.8 Å². The van der Waals surface area contributed by atoms with E-state index in [1.165, 1.54) is 0 Å². The molecule has 0 rings (SSSR count). The molecular formula is C11H18O3. The van der Waals surface area contributed by atoms with Gasteiger partial charge in [0.1, 0.15) is 0 Å². The predicted octanol–water partition coefficient (Wildman–Crippen LogP) is 2.25. The predicted molar refractivity (Wildman–Crippen MR) is 54.9 cm³/mol. The van der Waals surface area contributed by atoms with Crippen LogP contribution in [0.3, 0.4) is 0 Å². The summed E-state index contributed by atoms with van der Waals surface area (Å²) >= 11 is 0. The zero-order valence-electron chi connectivity index (χ0n) is 8.91. The summed E-state index contributed by atoms with van der Waals surface area (Å²) in [4.78, 5) is 21.9. The molecule has 0 aliphatic rings. The number of unbranched alkanes of at least 4 members (excludes halogenated alkanes) is 1. The van der Waals surface area contributed by atoms with E-state index in [1.807, 2.05) is 13.8 Å². The van der Waals surface area contributed by atoms with Gasteiger partial charge in [-0.15, -0.1) is 0 Å². The third-order valence-corrected chi connectivity index (χ3v) is 2.24. The molecule has 0 aromatic rings. The first-order valence-electron chi connectivity index (χ1n) is 4.95. The molecule has 3 heteroatoms. The Hall–Kier alpha value is -1.12. The molecule has 0 aliphatic carbocycles. The molecule has 80 valence electrons. The van der Waals surface area contributed by atoms with Gasteiger partial charge in [0, 0.05) is 6.08 Å². The van der Waals surface area contributed by atoms with E-state index < -0.39 is 11.6 Å². The number of hydrogen-bond acceptors (Lipinski definition) is 3. The molecule has 0 amide bonds. The number of carbonyl (C=O) groups is 2. The molecule has 1 atom stereocenters. The van der Waals surface area contributed by atoms with Crippen molar-refractivity contribution in [3.63, 3.8) is 0 Å². The highest BCUT2D eigenvalue weighted by molar-refractivity contribution is 5.83. The van der Waals surface area contributed by atoms with E-state index in [9.17, 15) is 9.59 Å². The third kappa shape index (κ3) is 3.73. The van der Waals surface area contributed by atoms with Crippen LogP contribution in [0.15, 0.2) is 12.7 Å². The van der Waals surface area contributed by atoms with Crippen molar-refractivity contribution in [3.8, 4) is 0 Å². The lowest BCUT2D eigenvalue weighted by molar-refractivity contribution is -0.159. The average Bonchev–Trinajstić information content (AvgIpc) is 2.24. The van der Waals surface area contributed by atoms with Gasteiger partial charge >= 0.3 is 5.97 Å². The van der Waals surface area contributed by atoms with Crippen LogP contribution in [0.1, 0.15) is 39.5 Å². The molecule has 0 radical (unpaired) electrons. The topological polar surface area (TPSA) is 43.4 Å². The molecule has 0 bridgehead atoms. The average molecular weight is 198 g/mol. The second kappa shape index (κ2) is 6.35. The van der Waals surface area contributed by atoms with E-state index in [1.54, 1.807) is 0 Å². The number of carbonyl (C=O) groups excluding carboxylic acids is 2.